The van der Waals surface area contributed by atoms with Crippen molar-refractivity contribution < 1.29 is 9.90 Å². The Morgan fingerprint density at radius 2 is 2.08 bits per heavy atom. The number of aliphatic hydroxyl groups excluding tert-OH is 1. The fourth-order valence-corrected chi connectivity index (χ4v) is 2.25. The van der Waals surface area contributed by atoms with E-state index in [0.717, 1.165) is 11.8 Å². The van der Waals surface area contributed by atoms with E-state index in [1.165, 1.54) is 0 Å². The van der Waals surface area contributed by atoms with Gasteiger partial charge < -0.3 is 21.1 Å². The molecule has 0 aliphatic rings. The molecule has 2 rings (SSSR count). The van der Waals surface area contributed by atoms with E-state index in [0.29, 0.717) is 16.6 Å². The topological polar surface area (TPSA) is 131 Å². The van der Waals surface area contributed by atoms with Crippen LogP contribution in [0.3, 0.4) is 0 Å². The molecule has 0 saturated heterocycles. The zero-order chi connectivity index (χ0) is 18.4. The molecule has 1 heterocycles. The average molecular weight is 384 g/mol. The molecule has 1 aromatic heterocycles. The van der Waals surface area contributed by atoms with Crippen LogP contribution in [-0.4, -0.2) is 40.2 Å². The van der Waals surface area contributed by atoms with Gasteiger partial charge in [-0.15, -0.1) is 0 Å². The summed E-state index contributed by atoms with van der Waals surface area (Å²) in [5.74, 6) is -0.328. The van der Waals surface area contributed by atoms with E-state index in [1.54, 1.807) is 18.2 Å². The number of carbonyl (C=O) groups is 1. The Labute approximate surface area is 152 Å². The first-order valence-corrected chi connectivity index (χ1v) is 7.89. The van der Waals surface area contributed by atoms with Crippen LogP contribution in [0.4, 0.5) is 11.6 Å². The van der Waals surface area contributed by atoms with Crippen LogP contribution in [0.1, 0.15) is 11.3 Å². The monoisotopic (exact) mass is 383 g/mol. The smallest absolute Gasteiger partial charge is 0.276 e. The Hall–Kier alpha value is -2.42. The molecule has 0 aliphatic carbocycles. The summed E-state index contributed by atoms with van der Waals surface area (Å²) < 4.78 is 0. The van der Waals surface area contributed by atoms with Gasteiger partial charge in [0.05, 0.1) is 16.6 Å². The number of Topliss-reactive ketones (excluding diaryl/α,β-unsaturated/α-hetero) is 1. The quantitative estimate of drug-likeness (QED) is 0.440. The lowest BCUT2D eigenvalue weighted by atomic mass is 10.2. The van der Waals surface area contributed by atoms with Gasteiger partial charge in [-0.2, -0.15) is 0 Å². The minimum Gasteiger partial charge on any atom is -0.389 e. The van der Waals surface area contributed by atoms with Gasteiger partial charge in [0.1, 0.15) is 18.0 Å². The Kier molecular flexibility index (Phi) is 6.51. The SMILES string of the molecule is N=Cc1nc(NCc2ccc(Cl)c(Cl)c2)[nH]c(=O)c1NCC(=O)CO. The maximum absolute atomic E-state index is 12.1. The third-order valence-electron chi connectivity index (χ3n) is 3.17. The van der Waals surface area contributed by atoms with Gasteiger partial charge in [-0.05, 0) is 17.7 Å². The van der Waals surface area contributed by atoms with Crippen molar-refractivity contribution in [1.82, 2.24) is 9.97 Å². The van der Waals surface area contributed by atoms with Gasteiger partial charge >= 0.3 is 0 Å². The number of rotatable bonds is 8. The minimum atomic E-state index is -0.637. The third-order valence-corrected chi connectivity index (χ3v) is 3.91. The number of nitrogens with one attached hydrogen (secondary N) is 4. The van der Waals surface area contributed by atoms with Crippen molar-refractivity contribution in [2.75, 3.05) is 23.8 Å². The molecule has 0 radical (unpaired) electrons. The number of benzene rings is 1. The van der Waals surface area contributed by atoms with Gasteiger partial charge in [0.15, 0.2) is 5.78 Å². The standard InChI is InChI=1S/C15H15Cl2N5O3/c16-10-2-1-8(3-11(10)17)5-20-15-21-12(4-18)13(14(25)22-15)19-6-9(24)7-23/h1-4,18-19,23H,5-7H2,(H2,20,21,22,25). The number of aromatic amines is 1. The Morgan fingerprint density at radius 1 is 1.32 bits per heavy atom. The molecular formula is C15H15Cl2N5O3. The number of aliphatic hydroxyl groups is 1. The molecule has 0 amide bonds. The lowest BCUT2D eigenvalue weighted by Gasteiger charge is -2.10. The van der Waals surface area contributed by atoms with Crippen molar-refractivity contribution in [2.24, 2.45) is 0 Å². The Morgan fingerprint density at radius 3 is 2.72 bits per heavy atom. The van der Waals surface area contributed by atoms with Gasteiger partial charge in [-0.3, -0.25) is 14.6 Å². The molecule has 1 aromatic carbocycles. The van der Waals surface area contributed by atoms with Gasteiger partial charge in [-0.25, -0.2) is 4.98 Å². The highest BCUT2D eigenvalue weighted by atomic mass is 35.5. The number of halogens is 2. The molecule has 0 bridgehead atoms. The van der Waals surface area contributed by atoms with E-state index in [-0.39, 0.29) is 23.9 Å². The molecule has 10 heteroatoms. The number of carbonyl (C=O) groups excluding carboxylic acids is 1. The van der Waals surface area contributed by atoms with E-state index in [9.17, 15) is 9.59 Å². The third kappa shape index (κ3) is 5.02. The number of anilines is 2. The van der Waals surface area contributed by atoms with E-state index in [2.05, 4.69) is 20.6 Å². The van der Waals surface area contributed by atoms with Crippen molar-refractivity contribution in [3.63, 3.8) is 0 Å². The van der Waals surface area contributed by atoms with E-state index in [4.69, 9.17) is 33.7 Å². The Bertz CT molecular complexity index is 854. The summed E-state index contributed by atoms with van der Waals surface area (Å²) in [6, 6.07) is 5.11. The second-order valence-electron chi connectivity index (χ2n) is 4.97. The van der Waals surface area contributed by atoms with Crippen LogP contribution in [-0.2, 0) is 11.3 Å². The van der Waals surface area contributed by atoms with Gasteiger partial charge in [0.25, 0.3) is 5.56 Å². The van der Waals surface area contributed by atoms with Crippen molar-refractivity contribution in [3.8, 4) is 0 Å². The van der Waals surface area contributed by atoms with Gasteiger partial charge in [0.2, 0.25) is 5.95 Å². The minimum absolute atomic E-state index is 0.0168. The normalized spacial score (nSPS) is 10.4. The van der Waals surface area contributed by atoms with Crippen molar-refractivity contribution in [3.05, 3.63) is 49.9 Å². The molecule has 25 heavy (non-hydrogen) atoms. The van der Waals surface area contributed by atoms with Gasteiger partial charge in [-0.1, -0.05) is 29.3 Å². The van der Waals surface area contributed by atoms with E-state index < -0.39 is 17.9 Å². The summed E-state index contributed by atoms with van der Waals surface area (Å²) in [7, 11) is 0. The zero-order valence-corrected chi connectivity index (χ0v) is 14.4. The average Bonchev–Trinajstić information content (AvgIpc) is 2.60. The van der Waals surface area contributed by atoms with Crippen LogP contribution >= 0.6 is 23.2 Å². The maximum atomic E-state index is 12.1. The molecule has 5 N–H and O–H groups in total. The first-order chi connectivity index (χ1) is 11.9. The van der Waals surface area contributed by atoms with Crippen molar-refractivity contribution in [2.45, 2.75) is 6.54 Å². The number of ketones is 1. The van der Waals surface area contributed by atoms with Crippen molar-refractivity contribution in [1.29, 1.82) is 5.41 Å². The van der Waals surface area contributed by atoms with Crippen LogP contribution in [0.25, 0.3) is 0 Å². The molecular weight excluding hydrogens is 369 g/mol. The van der Waals surface area contributed by atoms with Crippen molar-refractivity contribution >= 4 is 46.8 Å². The number of hydrogen-bond donors (Lipinski definition) is 5. The molecule has 0 saturated carbocycles. The Balaban J connectivity index is 2.15. The molecule has 0 atom stereocenters. The fourth-order valence-electron chi connectivity index (χ4n) is 1.93. The van der Waals surface area contributed by atoms with Crippen LogP contribution in [0.2, 0.25) is 10.0 Å². The molecule has 0 fully saturated rings. The molecule has 0 aliphatic heterocycles. The van der Waals surface area contributed by atoms with Crippen LogP contribution in [0, 0.1) is 5.41 Å². The van der Waals surface area contributed by atoms with Crippen LogP contribution in [0.5, 0.6) is 0 Å². The van der Waals surface area contributed by atoms with E-state index in [1.807, 2.05) is 0 Å². The lowest BCUT2D eigenvalue weighted by Crippen LogP contribution is -2.25. The summed E-state index contributed by atoms with van der Waals surface area (Å²) in [6.45, 7) is -0.549. The fraction of sp³-hybridized carbons (Fsp3) is 0.200. The number of aromatic nitrogens is 2. The summed E-state index contributed by atoms with van der Waals surface area (Å²) in [6.07, 6.45) is 0.894. The second kappa shape index (κ2) is 8.61. The van der Waals surface area contributed by atoms with Crippen LogP contribution in [0.15, 0.2) is 23.0 Å². The molecule has 8 nitrogen and oxygen atoms in total. The molecule has 132 valence electrons. The lowest BCUT2D eigenvalue weighted by molar-refractivity contribution is -0.120. The van der Waals surface area contributed by atoms with E-state index >= 15 is 0 Å². The second-order valence-corrected chi connectivity index (χ2v) is 5.79. The summed E-state index contributed by atoms with van der Waals surface area (Å²) in [4.78, 5) is 29.9. The largest absolute Gasteiger partial charge is 0.389 e. The maximum Gasteiger partial charge on any atom is 0.276 e. The number of nitrogens with zero attached hydrogens (tertiary/aromatic N) is 1. The van der Waals surface area contributed by atoms with Crippen LogP contribution < -0.4 is 16.2 Å². The summed E-state index contributed by atoms with van der Waals surface area (Å²) in [5.41, 5.74) is 0.322. The first-order valence-electron chi connectivity index (χ1n) is 7.13. The predicted octanol–water partition coefficient (Wildman–Crippen LogP) is 1.66. The predicted molar refractivity (Wildman–Crippen MR) is 97.1 cm³/mol. The summed E-state index contributed by atoms with van der Waals surface area (Å²) in [5, 5.41) is 22.4. The highest BCUT2D eigenvalue weighted by Gasteiger charge is 2.11. The number of H-pyrrole nitrogens is 1. The first kappa shape index (κ1) is 18.9. The summed E-state index contributed by atoms with van der Waals surface area (Å²) >= 11 is 11.8. The van der Waals surface area contributed by atoms with Gasteiger partial charge in [0, 0.05) is 12.8 Å². The number of hydrogen-bond acceptors (Lipinski definition) is 7. The highest BCUT2D eigenvalue weighted by Crippen LogP contribution is 2.22. The molecule has 2 aromatic rings. The zero-order valence-electron chi connectivity index (χ0n) is 12.9. The molecule has 0 spiro atoms. The molecule has 0 unspecified atom stereocenters. The highest BCUT2D eigenvalue weighted by molar-refractivity contribution is 6.42.